The van der Waals surface area contributed by atoms with E-state index in [1.54, 1.807) is 69.2 Å². The lowest BCUT2D eigenvalue weighted by atomic mass is 9.42. The number of likely N-dealkylation sites (tertiary alicyclic amines) is 1. The van der Waals surface area contributed by atoms with Crippen molar-refractivity contribution in [2.45, 2.75) is 135 Å². The molecule has 6 heterocycles. The molecule has 3 nitrogen and oxygen atoms in total. The van der Waals surface area contributed by atoms with Crippen LogP contribution in [0.3, 0.4) is 0 Å². The number of nitrogens with zero attached hydrogens (tertiary/aromatic N) is 1. The molecule has 5 aromatic rings. The second-order valence-electron chi connectivity index (χ2n) is 33.1. The first-order chi connectivity index (χ1) is 42.5. The van der Waals surface area contributed by atoms with E-state index in [9.17, 15) is 0 Å². The van der Waals surface area contributed by atoms with E-state index in [0.29, 0.717) is 24.7 Å². The number of methoxy groups -OCH3 is 1. The molecule has 28 unspecified atom stereocenters. The van der Waals surface area contributed by atoms with Crippen molar-refractivity contribution in [3.8, 4) is 39.0 Å². The molecule has 0 bridgehead atoms. The summed E-state index contributed by atoms with van der Waals surface area (Å²) in [4.78, 5) is 17.0. The minimum Gasteiger partial charge on any atom is -0.382 e. The Labute approximate surface area is 533 Å². The van der Waals surface area contributed by atoms with Crippen molar-refractivity contribution in [3.05, 3.63) is 92.2 Å². The first kappa shape index (κ1) is 52.4. The van der Waals surface area contributed by atoms with Crippen molar-refractivity contribution in [1.82, 2.24) is 4.90 Å². The summed E-state index contributed by atoms with van der Waals surface area (Å²) < 4.78 is 12.2. The van der Waals surface area contributed by atoms with Crippen molar-refractivity contribution < 1.29 is 9.47 Å². The van der Waals surface area contributed by atoms with Crippen LogP contribution in [-0.2, 0) is 22.3 Å². The van der Waals surface area contributed by atoms with Gasteiger partial charge >= 0.3 is 0 Å². The van der Waals surface area contributed by atoms with Gasteiger partial charge in [0.1, 0.15) is 0 Å². The molecule has 1 aliphatic heterocycles. The van der Waals surface area contributed by atoms with Gasteiger partial charge in [0.25, 0.3) is 0 Å². The van der Waals surface area contributed by atoms with Gasteiger partial charge in [0.2, 0.25) is 0 Å². The Balaban J connectivity index is 0.680. The van der Waals surface area contributed by atoms with E-state index in [2.05, 4.69) is 129 Å². The molecule has 0 aromatic carbocycles. The van der Waals surface area contributed by atoms with E-state index in [1.807, 2.05) is 29.8 Å². The molecule has 13 saturated carbocycles. The predicted octanol–water partition coefficient (Wildman–Crippen LogP) is 19.9. The smallest absolute Gasteiger partial charge is 0.0700 e. The molecule has 28 atom stereocenters. The monoisotopic (exact) mass is 1230 g/mol. The van der Waals surface area contributed by atoms with Gasteiger partial charge in [0.05, 0.1) is 25.9 Å². The van der Waals surface area contributed by atoms with Gasteiger partial charge in [-0.1, -0.05) is 80.7 Å². The standard InChI is InChI=1S/C78H91NO2S5/c1-4-6-8-10-13-43-44(14-11-9-7-5-2)76(86-75(43)51-19-16-48(83-51)47-15-12-26-82-47)52-20-17-49(84-52)50-18-21-53(85-50)77-78-34-42-32-40-30-37-27-36-28-39-29-38-31-41-33-45(46(78)35-79(77)22-23-81-25-24-80-3)61-66-57(41)56(38)63-58(39)62-54(36)55(37)64-59(40)65-60(42)74(78)73(61)72-70(65)68(64)67(62)69(63)71(66)72/h12,15-21,26,36-40,42,46,54-56,58-60,62-74,77H,4-11,13-14,22-25,27-35H2,1-3H3. The van der Waals surface area contributed by atoms with Gasteiger partial charge < -0.3 is 9.47 Å². The summed E-state index contributed by atoms with van der Waals surface area (Å²) in [7, 11) is 1.85. The summed E-state index contributed by atoms with van der Waals surface area (Å²) in [5, 5.41) is 2.24. The zero-order chi connectivity index (χ0) is 55.9. The summed E-state index contributed by atoms with van der Waals surface area (Å²) >= 11 is 10.5. The van der Waals surface area contributed by atoms with E-state index < -0.39 is 0 Å². The number of rotatable bonds is 21. The highest BCUT2D eigenvalue weighted by Crippen LogP contribution is 2.93. The van der Waals surface area contributed by atoms with Crippen LogP contribution in [0, 0.1) is 159 Å². The van der Waals surface area contributed by atoms with Gasteiger partial charge in [-0.05, 0) is 278 Å². The van der Waals surface area contributed by atoms with Gasteiger partial charge in [-0.25, -0.2) is 0 Å². The van der Waals surface area contributed by atoms with Crippen molar-refractivity contribution in [2.24, 2.45) is 159 Å². The minimum absolute atomic E-state index is 0.343. The van der Waals surface area contributed by atoms with E-state index in [4.69, 9.17) is 9.47 Å². The highest BCUT2D eigenvalue weighted by Gasteiger charge is 2.88. The maximum Gasteiger partial charge on any atom is 0.0700 e. The van der Waals surface area contributed by atoms with Crippen LogP contribution in [0.4, 0.5) is 0 Å². The molecule has 8 heteroatoms. The maximum atomic E-state index is 6.63. The normalized spacial score (nSPS) is 46.9. The molecule has 1 saturated heterocycles. The van der Waals surface area contributed by atoms with Gasteiger partial charge in [-0.15, -0.1) is 56.7 Å². The van der Waals surface area contributed by atoms with Gasteiger partial charge in [0.15, 0.2) is 0 Å². The molecule has 0 radical (unpaired) electrons. The average molecular weight is 1230 g/mol. The molecule has 17 aliphatic rings. The van der Waals surface area contributed by atoms with Crippen LogP contribution in [0.15, 0.2) is 76.2 Å². The fraction of sp³-hybridized carbons (Fsp3) is 0.692. The number of hydrogen-bond acceptors (Lipinski definition) is 8. The molecular formula is C78H91NO2S5. The summed E-state index contributed by atoms with van der Waals surface area (Å²) in [5.74, 6) is 27.2. The van der Waals surface area contributed by atoms with Crippen molar-refractivity contribution in [2.75, 3.05) is 40.0 Å². The third-order valence-electron chi connectivity index (χ3n) is 31.1. The molecule has 14 fully saturated rings. The first-order valence-corrected chi connectivity index (χ1v) is 40.4. The van der Waals surface area contributed by atoms with Crippen LogP contribution >= 0.6 is 56.7 Å². The molecule has 86 heavy (non-hydrogen) atoms. The predicted molar refractivity (Wildman–Crippen MR) is 354 cm³/mol. The average Bonchev–Trinajstić information content (AvgIpc) is 1.44. The number of ether oxygens (including phenoxy) is 2. The van der Waals surface area contributed by atoms with Gasteiger partial charge in [-0.2, -0.15) is 0 Å². The van der Waals surface area contributed by atoms with Crippen LogP contribution in [0.1, 0.15) is 139 Å². The summed E-state index contributed by atoms with van der Waals surface area (Å²) in [5.41, 5.74) is 12.4. The van der Waals surface area contributed by atoms with E-state index in [0.717, 1.165) is 167 Å². The second-order valence-corrected chi connectivity index (χ2v) is 38.3. The minimum atomic E-state index is 0.343. The summed E-state index contributed by atoms with van der Waals surface area (Å²) in [6, 6.07) is 20.5. The number of fused-ring (bicyclic) bond motifs is 1. The zero-order valence-corrected chi connectivity index (χ0v) is 55.4. The highest BCUT2D eigenvalue weighted by atomic mass is 32.1. The summed E-state index contributed by atoms with van der Waals surface area (Å²) in [6.07, 6.45) is 25.7. The van der Waals surface area contributed by atoms with E-state index in [1.165, 1.54) is 108 Å². The molecule has 450 valence electrons. The Morgan fingerprint density at radius 3 is 1.81 bits per heavy atom. The molecule has 1 spiro atoms. The van der Waals surface area contributed by atoms with Crippen LogP contribution in [0.25, 0.3) is 39.0 Å². The Morgan fingerprint density at radius 2 is 1.12 bits per heavy atom. The number of unbranched alkanes of at least 4 members (excludes halogenated alkanes) is 6. The fourth-order valence-corrected chi connectivity index (χ4v) is 36.6. The first-order valence-electron chi connectivity index (χ1n) is 36.3. The highest BCUT2D eigenvalue weighted by molar-refractivity contribution is 7.29. The molecule has 0 N–H and O–H groups in total. The lowest BCUT2D eigenvalue weighted by Crippen LogP contribution is -2.59. The van der Waals surface area contributed by atoms with E-state index in [-0.39, 0.29) is 0 Å². The summed E-state index contributed by atoms with van der Waals surface area (Å²) in [6.45, 7) is 9.33. The second kappa shape index (κ2) is 18.8. The Hall–Kier alpha value is -2.14. The van der Waals surface area contributed by atoms with Crippen molar-refractivity contribution in [1.29, 1.82) is 0 Å². The molecular weight excluding hydrogens is 1140 g/mol. The number of hydrogen-bond donors (Lipinski definition) is 0. The lowest BCUT2D eigenvalue weighted by molar-refractivity contribution is -0.149. The van der Waals surface area contributed by atoms with Crippen LogP contribution in [0.5, 0.6) is 0 Å². The van der Waals surface area contributed by atoms with Crippen molar-refractivity contribution >= 4 is 56.7 Å². The van der Waals surface area contributed by atoms with Gasteiger partial charge in [0, 0.05) is 81.3 Å². The fourth-order valence-electron chi connectivity index (χ4n) is 30.7. The van der Waals surface area contributed by atoms with Crippen LogP contribution in [0.2, 0.25) is 0 Å². The Bertz CT molecular complexity index is 3660. The zero-order valence-electron chi connectivity index (χ0n) is 51.4. The van der Waals surface area contributed by atoms with Gasteiger partial charge in [-0.3, -0.25) is 4.90 Å². The molecule has 16 aliphatic carbocycles. The third-order valence-corrected chi connectivity index (χ3v) is 37.3. The van der Waals surface area contributed by atoms with Crippen LogP contribution in [-0.4, -0.2) is 44.9 Å². The third kappa shape index (κ3) is 6.37. The SMILES string of the molecule is CCCCCCc1c(-c2ccc(-c3cccs3)s2)sc(-c2ccc(-c3ccc(C4N(CCOCCOC)CC5C6=C7C8C9=C(C6)CC6CC%10CC%11CC%12CC%13CC%14CC54C4C7C5C8C7C(C96)C%10C6C%11C%12C8C%13C(C5C8C67)C%144)s3)s2)c1CCCCCC. The Morgan fingerprint density at radius 1 is 0.523 bits per heavy atom. The maximum absolute atomic E-state index is 6.63. The molecule has 22 rings (SSSR count). The number of allylic oxidation sites excluding steroid dienone is 3. The van der Waals surface area contributed by atoms with E-state index >= 15 is 0 Å². The topological polar surface area (TPSA) is 21.7 Å². The Kier molecular flexibility index (Phi) is 11.4. The molecule has 5 aromatic heterocycles. The van der Waals surface area contributed by atoms with Crippen molar-refractivity contribution in [3.63, 3.8) is 0 Å². The molecule has 0 amide bonds. The number of thiophene rings is 5. The largest absolute Gasteiger partial charge is 0.382 e. The quantitative estimate of drug-likeness (QED) is 0.0540. The van der Waals surface area contributed by atoms with Crippen LogP contribution < -0.4 is 0 Å². The lowest BCUT2D eigenvalue weighted by Gasteiger charge is -2.62.